The van der Waals surface area contributed by atoms with Crippen molar-refractivity contribution in [2.24, 2.45) is 5.73 Å². The lowest BCUT2D eigenvalue weighted by Crippen LogP contribution is -2.48. The van der Waals surface area contributed by atoms with Gasteiger partial charge in [-0.3, -0.25) is 9.69 Å². The Bertz CT molecular complexity index is 232. The normalized spacial score (nSPS) is 38.0. The summed E-state index contributed by atoms with van der Waals surface area (Å²) in [6, 6.07) is 0.737. The Morgan fingerprint density at radius 1 is 1.43 bits per heavy atom. The zero-order valence-electron chi connectivity index (χ0n) is 8.61. The Morgan fingerprint density at radius 3 is 2.93 bits per heavy atom. The number of hydrogen-bond acceptors (Lipinski definition) is 4. The second-order valence-electron chi connectivity index (χ2n) is 4.34. The zero-order valence-corrected chi connectivity index (χ0v) is 8.61. The van der Waals surface area contributed by atoms with E-state index >= 15 is 0 Å². The number of ether oxygens (including phenoxy) is 1. The van der Waals surface area contributed by atoms with Crippen molar-refractivity contribution in [3.8, 4) is 0 Å². The molecule has 2 saturated heterocycles. The largest absolute Gasteiger partial charge is 0.461 e. The minimum Gasteiger partial charge on any atom is -0.461 e. The number of carbonyl (C=O) groups is 1. The number of esters is 1. The van der Waals surface area contributed by atoms with E-state index in [1.54, 1.807) is 0 Å². The van der Waals surface area contributed by atoms with Gasteiger partial charge in [0.15, 0.2) is 0 Å². The van der Waals surface area contributed by atoms with Crippen molar-refractivity contribution in [2.45, 2.75) is 44.4 Å². The fourth-order valence-corrected chi connectivity index (χ4v) is 2.61. The van der Waals surface area contributed by atoms with Gasteiger partial charge >= 0.3 is 5.97 Å². The lowest BCUT2D eigenvalue weighted by molar-refractivity contribution is -0.147. The topological polar surface area (TPSA) is 55.6 Å². The van der Waals surface area contributed by atoms with E-state index in [-0.39, 0.29) is 12.1 Å². The molecule has 80 valence electrons. The molecule has 0 saturated carbocycles. The van der Waals surface area contributed by atoms with Crippen LogP contribution in [-0.4, -0.2) is 42.1 Å². The van der Waals surface area contributed by atoms with E-state index in [0.29, 0.717) is 12.1 Å². The maximum Gasteiger partial charge on any atom is 0.302 e. The summed E-state index contributed by atoms with van der Waals surface area (Å²) < 4.78 is 5.29. The summed E-state index contributed by atoms with van der Waals surface area (Å²) in [6.45, 7) is 3.47. The van der Waals surface area contributed by atoms with Gasteiger partial charge in [0.05, 0.1) is 0 Å². The van der Waals surface area contributed by atoms with Crippen LogP contribution in [0.1, 0.15) is 26.2 Å². The van der Waals surface area contributed by atoms with Gasteiger partial charge < -0.3 is 10.5 Å². The second-order valence-corrected chi connectivity index (χ2v) is 4.34. The summed E-state index contributed by atoms with van der Waals surface area (Å²) in [4.78, 5) is 13.2. The molecule has 2 heterocycles. The third-order valence-electron chi connectivity index (χ3n) is 3.22. The number of carbonyl (C=O) groups excluding carboxylic acids is 1. The van der Waals surface area contributed by atoms with Crippen LogP contribution >= 0.6 is 0 Å². The molecule has 2 rings (SSSR count). The van der Waals surface area contributed by atoms with Crippen molar-refractivity contribution in [1.29, 1.82) is 0 Å². The summed E-state index contributed by atoms with van der Waals surface area (Å²) in [5, 5.41) is 0. The van der Waals surface area contributed by atoms with E-state index in [1.807, 2.05) is 0 Å². The fourth-order valence-electron chi connectivity index (χ4n) is 2.61. The maximum absolute atomic E-state index is 10.9. The average molecular weight is 198 g/mol. The Morgan fingerprint density at radius 2 is 2.21 bits per heavy atom. The van der Waals surface area contributed by atoms with Crippen molar-refractivity contribution < 1.29 is 9.53 Å². The van der Waals surface area contributed by atoms with Crippen LogP contribution in [0.25, 0.3) is 0 Å². The van der Waals surface area contributed by atoms with Gasteiger partial charge in [-0.2, -0.15) is 0 Å². The SMILES string of the molecule is CC(=O)O[C@@H]1CCN2C[C@H](N)CC[C@@H]12. The van der Waals surface area contributed by atoms with E-state index in [2.05, 4.69) is 4.90 Å². The highest BCUT2D eigenvalue weighted by Crippen LogP contribution is 2.28. The molecule has 0 aliphatic carbocycles. The van der Waals surface area contributed by atoms with E-state index in [4.69, 9.17) is 10.5 Å². The molecule has 0 aromatic carbocycles. The van der Waals surface area contributed by atoms with Crippen LogP contribution in [0.2, 0.25) is 0 Å². The van der Waals surface area contributed by atoms with Gasteiger partial charge in [0.1, 0.15) is 6.10 Å². The zero-order chi connectivity index (χ0) is 10.1. The molecule has 2 aliphatic rings. The molecule has 0 radical (unpaired) electrons. The minimum atomic E-state index is -0.160. The average Bonchev–Trinajstić information content (AvgIpc) is 2.47. The fraction of sp³-hybridized carbons (Fsp3) is 0.900. The van der Waals surface area contributed by atoms with E-state index in [1.165, 1.54) is 6.92 Å². The third kappa shape index (κ3) is 1.91. The van der Waals surface area contributed by atoms with E-state index < -0.39 is 0 Å². The number of fused-ring (bicyclic) bond motifs is 1. The standard InChI is InChI=1S/C10H18N2O2/c1-7(13)14-10-4-5-12-6-8(11)2-3-9(10)12/h8-10H,2-6,11H2,1H3/t8-,9+,10-/m1/s1. The van der Waals surface area contributed by atoms with Crippen molar-refractivity contribution >= 4 is 5.97 Å². The van der Waals surface area contributed by atoms with Gasteiger partial charge in [-0.05, 0) is 19.3 Å². The van der Waals surface area contributed by atoms with Crippen LogP contribution in [0.15, 0.2) is 0 Å². The van der Waals surface area contributed by atoms with Gasteiger partial charge in [0.2, 0.25) is 0 Å². The maximum atomic E-state index is 10.9. The lowest BCUT2D eigenvalue weighted by atomic mass is 9.98. The van der Waals surface area contributed by atoms with Gasteiger partial charge in [-0.15, -0.1) is 0 Å². The van der Waals surface area contributed by atoms with Gasteiger partial charge in [-0.1, -0.05) is 0 Å². The number of hydrogen-bond donors (Lipinski definition) is 1. The Balaban J connectivity index is 1.95. The van der Waals surface area contributed by atoms with Crippen molar-refractivity contribution in [3.05, 3.63) is 0 Å². The first kappa shape index (κ1) is 9.93. The summed E-state index contributed by atoms with van der Waals surface area (Å²) in [7, 11) is 0. The lowest BCUT2D eigenvalue weighted by Gasteiger charge is -2.34. The molecule has 14 heavy (non-hydrogen) atoms. The second kappa shape index (κ2) is 3.87. The molecule has 2 N–H and O–H groups in total. The molecule has 3 atom stereocenters. The first-order valence-corrected chi connectivity index (χ1v) is 5.33. The third-order valence-corrected chi connectivity index (χ3v) is 3.22. The summed E-state index contributed by atoms with van der Waals surface area (Å²) in [5.74, 6) is -0.160. The predicted molar refractivity (Wildman–Crippen MR) is 52.7 cm³/mol. The molecule has 4 nitrogen and oxygen atoms in total. The molecule has 2 aliphatic heterocycles. The Hall–Kier alpha value is -0.610. The Kier molecular flexibility index (Phi) is 2.74. The number of nitrogens with two attached hydrogens (primary N) is 1. The molecule has 0 spiro atoms. The quantitative estimate of drug-likeness (QED) is 0.608. The molecule has 2 fully saturated rings. The molecule has 0 bridgehead atoms. The molecule has 4 heteroatoms. The molecule has 0 aromatic rings. The van der Waals surface area contributed by atoms with Gasteiger partial charge in [0.25, 0.3) is 0 Å². The Labute approximate surface area is 84.4 Å². The summed E-state index contributed by atoms with van der Waals surface area (Å²) >= 11 is 0. The van der Waals surface area contributed by atoms with Crippen LogP contribution in [0.3, 0.4) is 0 Å². The van der Waals surface area contributed by atoms with Crippen LogP contribution in [-0.2, 0) is 9.53 Å². The van der Waals surface area contributed by atoms with Crippen molar-refractivity contribution in [3.63, 3.8) is 0 Å². The van der Waals surface area contributed by atoms with Crippen LogP contribution in [0, 0.1) is 0 Å². The molecule has 0 amide bonds. The van der Waals surface area contributed by atoms with E-state index in [0.717, 1.165) is 32.4 Å². The van der Waals surface area contributed by atoms with E-state index in [9.17, 15) is 4.79 Å². The summed E-state index contributed by atoms with van der Waals surface area (Å²) in [6.07, 6.45) is 3.20. The van der Waals surface area contributed by atoms with Crippen molar-refractivity contribution in [1.82, 2.24) is 4.90 Å². The summed E-state index contributed by atoms with van der Waals surface area (Å²) in [5.41, 5.74) is 5.89. The minimum absolute atomic E-state index is 0.111. The van der Waals surface area contributed by atoms with Gasteiger partial charge in [-0.25, -0.2) is 0 Å². The van der Waals surface area contributed by atoms with Crippen LogP contribution in [0.4, 0.5) is 0 Å². The molecule has 0 aromatic heterocycles. The molecular weight excluding hydrogens is 180 g/mol. The monoisotopic (exact) mass is 198 g/mol. The molecular formula is C10H18N2O2. The van der Waals surface area contributed by atoms with Crippen molar-refractivity contribution in [2.75, 3.05) is 13.1 Å². The number of nitrogens with zero attached hydrogens (tertiary/aromatic N) is 1. The number of rotatable bonds is 1. The predicted octanol–water partition coefficient (Wildman–Crippen LogP) is 0.114. The van der Waals surface area contributed by atoms with Crippen LogP contribution in [0.5, 0.6) is 0 Å². The highest BCUT2D eigenvalue weighted by Gasteiger charge is 2.39. The first-order valence-electron chi connectivity index (χ1n) is 5.33. The van der Waals surface area contributed by atoms with Gasteiger partial charge in [0, 0.05) is 32.1 Å². The van der Waals surface area contributed by atoms with Crippen LogP contribution < -0.4 is 5.73 Å². The first-order chi connectivity index (χ1) is 6.66. The smallest absolute Gasteiger partial charge is 0.302 e. The highest BCUT2D eigenvalue weighted by atomic mass is 16.5. The molecule has 0 unspecified atom stereocenters. The number of piperidine rings is 1. The highest BCUT2D eigenvalue weighted by molar-refractivity contribution is 5.66.